The number of rotatable bonds is 6. The van der Waals surface area contributed by atoms with E-state index in [2.05, 4.69) is 91.0 Å². The Labute approximate surface area is 230 Å². The predicted molar refractivity (Wildman–Crippen MR) is 152 cm³/mol. The molecule has 4 unspecified atom stereocenters. The van der Waals surface area contributed by atoms with Gasteiger partial charge in [0, 0.05) is 24.9 Å². The van der Waals surface area contributed by atoms with Crippen molar-refractivity contribution >= 4 is 31.9 Å². The number of nitrogens with one attached hydrogen (secondary N) is 2. The van der Waals surface area contributed by atoms with E-state index >= 15 is 0 Å². The van der Waals surface area contributed by atoms with Crippen LogP contribution in [0.3, 0.4) is 0 Å². The topological polar surface area (TPSA) is 42.5 Å². The van der Waals surface area contributed by atoms with E-state index in [0.717, 1.165) is 59.2 Å². The molecule has 0 saturated carbocycles. The fourth-order valence-corrected chi connectivity index (χ4v) is 7.97. The third kappa shape index (κ3) is 4.10. The molecule has 188 valence electrons. The summed E-state index contributed by atoms with van der Waals surface area (Å²) in [6, 6.07) is 17.6. The van der Waals surface area contributed by atoms with Crippen LogP contribution in [0.1, 0.15) is 64.0 Å². The van der Waals surface area contributed by atoms with Gasteiger partial charge in [-0.25, -0.2) is 0 Å². The maximum absolute atomic E-state index is 5.80. The fourth-order valence-electron chi connectivity index (χ4n) is 6.75. The van der Waals surface area contributed by atoms with E-state index in [0.29, 0.717) is 17.8 Å². The van der Waals surface area contributed by atoms with Gasteiger partial charge in [-0.2, -0.15) is 0 Å². The smallest absolute Gasteiger partial charge is 0.136 e. The Bertz CT molecular complexity index is 1280. The molecule has 4 atom stereocenters. The molecule has 4 nitrogen and oxygen atoms in total. The van der Waals surface area contributed by atoms with Crippen LogP contribution in [0.25, 0.3) is 0 Å². The molecule has 3 aliphatic rings. The maximum atomic E-state index is 5.80. The van der Waals surface area contributed by atoms with Crippen LogP contribution in [0.15, 0.2) is 57.5 Å². The molecule has 6 rings (SSSR count). The van der Waals surface area contributed by atoms with Crippen LogP contribution >= 0.6 is 31.9 Å². The number of ether oxygens (including phenoxy) is 2. The van der Waals surface area contributed by atoms with Gasteiger partial charge in [0.1, 0.15) is 11.5 Å². The molecule has 6 heteroatoms. The van der Waals surface area contributed by atoms with E-state index in [1.807, 2.05) is 0 Å². The number of benzene rings is 3. The van der Waals surface area contributed by atoms with Gasteiger partial charge in [-0.3, -0.25) is 0 Å². The number of hydrogen-bond donors (Lipinski definition) is 2. The molecule has 0 spiro atoms. The van der Waals surface area contributed by atoms with Crippen LogP contribution < -0.4 is 20.1 Å². The first-order chi connectivity index (χ1) is 17.6. The maximum Gasteiger partial charge on any atom is 0.136 e. The quantitative estimate of drug-likeness (QED) is 0.328. The van der Waals surface area contributed by atoms with E-state index in [9.17, 15) is 0 Å². The van der Waals surface area contributed by atoms with Crippen LogP contribution in [-0.4, -0.2) is 33.5 Å². The van der Waals surface area contributed by atoms with Crippen molar-refractivity contribution in [2.24, 2.45) is 0 Å². The van der Waals surface area contributed by atoms with E-state index < -0.39 is 0 Å². The number of fused-ring (bicyclic) bond motifs is 1. The van der Waals surface area contributed by atoms with Crippen molar-refractivity contribution in [2.45, 2.75) is 49.6 Å². The second kappa shape index (κ2) is 10.1. The molecule has 2 N–H and O–H groups in total. The number of hydrogen-bond acceptors (Lipinski definition) is 4. The van der Waals surface area contributed by atoms with E-state index in [1.165, 1.54) is 33.4 Å². The second-order valence-electron chi connectivity index (χ2n) is 10.2. The van der Waals surface area contributed by atoms with Crippen LogP contribution in [0.4, 0.5) is 0 Å². The Hall–Kier alpha value is -1.86. The van der Waals surface area contributed by atoms with Gasteiger partial charge in [-0.1, -0.05) is 36.4 Å². The highest BCUT2D eigenvalue weighted by Crippen LogP contribution is 2.49. The van der Waals surface area contributed by atoms with E-state index in [4.69, 9.17) is 9.47 Å². The van der Waals surface area contributed by atoms with Gasteiger partial charge in [-0.15, -0.1) is 0 Å². The van der Waals surface area contributed by atoms with Crippen molar-refractivity contribution in [1.82, 2.24) is 10.6 Å². The highest BCUT2D eigenvalue weighted by molar-refractivity contribution is 9.11. The molecule has 36 heavy (non-hydrogen) atoms. The molecule has 0 saturated heterocycles. The summed E-state index contributed by atoms with van der Waals surface area (Å²) in [5.41, 5.74) is 8.49. The molecule has 2 aliphatic carbocycles. The Kier molecular flexibility index (Phi) is 6.89. The van der Waals surface area contributed by atoms with Gasteiger partial charge in [0.05, 0.1) is 29.3 Å². The molecule has 0 radical (unpaired) electrons. The lowest BCUT2D eigenvalue weighted by Gasteiger charge is -2.27. The van der Waals surface area contributed by atoms with Gasteiger partial charge in [-0.05, 0) is 109 Å². The van der Waals surface area contributed by atoms with Crippen molar-refractivity contribution < 1.29 is 9.47 Å². The first-order valence-electron chi connectivity index (χ1n) is 12.9. The van der Waals surface area contributed by atoms with Crippen molar-refractivity contribution in [2.75, 3.05) is 27.3 Å². The zero-order valence-corrected chi connectivity index (χ0v) is 23.9. The van der Waals surface area contributed by atoms with Crippen LogP contribution in [0, 0.1) is 0 Å². The van der Waals surface area contributed by atoms with Gasteiger partial charge in [0.2, 0.25) is 0 Å². The lowest BCUT2D eigenvalue weighted by Crippen LogP contribution is -2.47. The van der Waals surface area contributed by atoms with Crippen molar-refractivity contribution in [3.05, 3.63) is 90.9 Å². The first-order valence-corrected chi connectivity index (χ1v) is 14.5. The van der Waals surface area contributed by atoms with Gasteiger partial charge < -0.3 is 20.1 Å². The van der Waals surface area contributed by atoms with E-state index in [1.54, 1.807) is 14.2 Å². The molecule has 3 aromatic carbocycles. The second-order valence-corrected chi connectivity index (χ2v) is 11.8. The third-order valence-electron chi connectivity index (χ3n) is 8.44. The number of methoxy groups -OCH3 is 2. The lowest BCUT2D eigenvalue weighted by atomic mass is 9.85. The monoisotopic (exact) mass is 610 g/mol. The summed E-state index contributed by atoms with van der Waals surface area (Å²) >= 11 is 7.53. The molecule has 0 bridgehead atoms. The summed E-state index contributed by atoms with van der Waals surface area (Å²) < 4.78 is 13.7. The Morgan fingerprint density at radius 2 is 1.75 bits per heavy atom. The fraction of sp³-hybridized carbons (Fsp3) is 0.400. The van der Waals surface area contributed by atoms with Crippen LogP contribution in [-0.2, 0) is 12.8 Å². The number of halogens is 2. The summed E-state index contributed by atoms with van der Waals surface area (Å²) in [5, 5.41) is 7.93. The summed E-state index contributed by atoms with van der Waals surface area (Å²) in [6.45, 7) is 1.86. The molecule has 3 aromatic rings. The normalized spacial score (nSPS) is 24.2. The standard InChI is InChI=1S/C30H32Br2N2O2/c1-35-26-14-23-24(17-6-4-3-5-7-17)16-34-30(22-11-10-21(27(22)23)28(26)32)33-15-18-8-9-20-19(18)12-13-25(31)29(20)36-2/h3-7,12-14,18,22,24,30,33-34H,8-11,15-16H2,1-2H3. The average molecular weight is 612 g/mol. The lowest BCUT2D eigenvalue weighted by molar-refractivity contribution is 0.356. The van der Waals surface area contributed by atoms with Crippen LogP contribution in [0.2, 0.25) is 0 Å². The minimum atomic E-state index is 0.236. The SMILES string of the molecule is COc1cc2c3c(c1Br)CCC3C(NCC1CCc3c1ccc(Br)c3OC)NCC2c1ccccc1. The first kappa shape index (κ1) is 24.5. The Morgan fingerprint density at radius 1 is 0.944 bits per heavy atom. The molecule has 0 fully saturated rings. The van der Waals surface area contributed by atoms with Crippen molar-refractivity contribution in [3.8, 4) is 11.5 Å². The molecular weight excluding hydrogens is 580 g/mol. The van der Waals surface area contributed by atoms with Gasteiger partial charge >= 0.3 is 0 Å². The highest BCUT2D eigenvalue weighted by Gasteiger charge is 2.39. The van der Waals surface area contributed by atoms with Gasteiger partial charge in [0.25, 0.3) is 0 Å². The largest absolute Gasteiger partial charge is 0.496 e. The minimum Gasteiger partial charge on any atom is -0.496 e. The van der Waals surface area contributed by atoms with Crippen molar-refractivity contribution in [3.63, 3.8) is 0 Å². The molecule has 0 amide bonds. The summed E-state index contributed by atoms with van der Waals surface area (Å²) in [5.74, 6) is 3.18. The zero-order valence-electron chi connectivity index (χ0n) is 20.7. The minimum absolute atomic E-state index is 0.236. The third-order valence-corrected chi connectivity index (χ3v) is 9.94. The van der Waals surface area contributed by atoms with Crippen molar-refractivity contribution in [1.29, 1.82) is 0 Å². The zero-order chi connectivity index (χ0) is 24.8. The molecule has 1 heterocycles. The predicted octanol–water partition coefficient (Wildman–Crippen LogP) is 6.64. The summed E-state index contributed by atoms with van der Waals surface area (Å²) in [6.07, 6.45) is 4.68. The average Bonchev–Trinajstić information content (AvgIpc) is 3.49. The van der Waals surface area contributed by atoms with Crippen LogP contribution in [0.5, 0.6) is 11.5 Å². The Morgan fingerprint density at radius 3 is 2.53 bits per heavy atom. The highest BCUT2D eigenvalue weighted by atomic mass is 79.9. The van der Waals surface area contributed by atoms with E-state index in [-0.39, 0.29) is 6.17 Å². The van der Waals surface area contributed by atoms with Gasteiger partial charge in [0.15, 0.2) is 0 Å². The summed E-state index contributed by atoms with van der Waals surface area (Å²) in [7, 11) is 3.54. The molecular formula is C30H32Br2N2O2. The molecule has 1 aliphatic heterocycles. The molecule has 0 aromatic heterocycles. The summed E-state index contributed by atoms with van der Waals surface area (Å²) in [4.78, 5) is 0. The Balaban J connectivity index is 1.31.